The Kier molecular flexibility index (Phi) is 4.47. The predicted octanol–water partition coefficient (Wildman–Crippen LogP) is 3.97. The Morgan fingerprint density at radius 2 is 2.10 bits per heavy atom. The van der Waals surface area contributed by atoms with Crippen molar-refractivity contribution in [1.29, 1.82) is 0 Å². The van der Waals surface area contributed by atoms with Crippen LogP contribution in [-0.2, 0) is 0 Å². The molecular formula is C14H12Cl2N2O2. The molecule has 0 spiro atoms. The van der Waals surface area contributed by atoms with Crippen LogP contribution in [0.5, 0.6) is 0 Å². The van der Waals surface area contributed by atoms with Gasteiger partial charge in [-0.2, -0.15) is 5.10 Å². The maximum Gasteiger partial charge on any atom is 0.274 e. The van der Waals surface area contributed by atoms with Gasteiger partial charge in [0, 0.05) is 5.56 Å². The van der Waals surface area contributed by atoms with Crippen LogP contribution < -0.4 is 5.43 Å². The Bertz CT molecular complexity index is 678. The molecule has 1 aromatic heterocycles. The number of hydrazone groups is 1. The first-order valence-corrected chi connectivity index (χ1v) is 6.59. The summed E-state index contributed by atoms with van der Waals surface area (Å²) >= 11 is 11.9. The topological polar surface area (TPSA) is 54.6 Å². The highest BCUT2D eigenvalue weighted by Gasteiger charge is 2.12. The van der Waals surface area contributed by atoms with Gasteiger partial charge in [-0.25, -0.2) is 5.43 Å². The van der Waals surface area contributed by atoms with Gasteiger partial charge in [0.15, 0.2) is 0 Å². The van der Waals surface area contributed by atoms with E-state index in [9.17, 15) is 4.79 Å². The Labute approximate surface area is 126 Å². The van der Waals surface area contributed by atoms with Crippen molar-refractivity contribution in [3.8, 4) is 0 Å². The molecule has 2 rings (SSSR count). The number of hydrogen-bond donors (Lipinski definition) is 1. The minimum Gasteiger partial charge on any atom is -0.466 e. The molecule has 0 atom stereocenters. The lowest BCUT2D eigenvalue weighted by atomic mass is 10.2. The second-order valence-corrected chi connectivity index (χ2v) is 4.95. The molecule has 6 heteroatoms. The number of benzene rings is 1. The Morgan fingerprint density at radius 1 is 1.35 bits per heavy atom. The fourth-order valence-electron chi connectivity index (χ4n) is 1.70. The van der Waals surface area contributed by atoms with E-state index in [4.69, 9.17) is 27.6 Å². The molecule has 0 unspecified atom stereocenters. The van der Waals surface area contributed by atoms with Crippen molar-refractivity contribution in [2.24, 2.45) is 5.10 Å². The molecule has 104 valence electrons. The first-order chi connectivity index (χ1) is 9.49. The maximum atomic E-state index is 11.9. The van der Waals surface area contributed by atoms with Crippen LogP contribution >= 0.6 is 23.2 Å². The molecule has 1 amide bonds. The average Bonchev–Trinajstić information content (AvgIpc) is 2.73. The van der Waals surface area contributed by atoms with E-state index in [2.05, 4.69) is 10.5 Å². The molecule has 0 fully saturated rings. The van der Waals surface area contributed by atoms with Crippen LogP contribution in [-0.4, -0.2) is 12.1 Å². The first kappa shape index (κ1) is 14.6. The van der Waals surface area contributed by atoms with E-state index in [1.165, 1.54) is 6.21 Å². The van der Waals surface area contributed by atoms with E-state index in [1.807, 2.05) is 0 Å². The Balaban J connectivity index is 2.08. The molecule has 0 aliphatic heterocycles. The molecule has 1 N–H and O–H groups in total. The van der Waals surface area contributed by atoms with Gasteiger partial charge < -0.3 is 4.42 Å². The van der Waals surface area contributed by atoms with E-state index in [0.717, 1.165) is 0 Å². The summed E-state index contributed by atoms with van der Waals surface area (Å²) in [5, 5.41) is 4.69. The molecule has 2 aromatic rings. The number of aryl methyl sites for hydroxylation is 2. The number of nitrogens with one attached hydrogen (secondary N) is 1. The minimum atomic E-state index is -0.339. The quantitative estimate of drug-likeness (QED) is 0.689. The summed E-state index contributed by atoms with van der Waals surface area (Å²) in [6.45, 7) is 3.50. The fourth-order valence-corrected chi connectivity index (χ4v) is 2.05. The number of amides is 1. The fraction of sp³-hybridized carbons (Fsp3) is 0.143. The van der Waals surface area contributed by atoms with E-state index in [-0.39, 0.29) is 5.91 Å². The van der Waals surface area contributed by atoms with Gasteiger partial charge in [-0.3, -0.25) is 4.79 Å². The highest BCUT2D eigenvalue weighted by atomic mass is 35.5. The standard InChI is InChI=1S/C14H12Cl2N2O2/c1-8-6-11(9(2)20-8)14(19)18-17-7-10-4-3-5-12(15)13(10)16/h3-7H,1-2H3,(H,18,19)/b17-7+. The largest absolute Gasteiger partial charge is 0.466 e. The van der Waals surface area contributed by atoms with Crippen molar-refractivity contribution < 1.29 is 9.21 Å². The van der Waals surface area contributed by atoms with Crippen molar-refractivity contribution in [1.82, 2.24) is 5.43 Å². The number of carbonyl (C=O) groups excluding carboxylic acids is 1. The summed E-state index contributed by atoms with van der Waals surface area (Å²) in [7, 11) is 0. The van der Waals surface area contributed by atoms with Crippen molar-refractivity contribution in [2.45, 2.75) is 13.8 Å². The minimum absolute atomic E-state index is 0.339. The van der Waals surface area contributed by atoms with Crippen LogP contribution in [0.15, 0.2) is 33.8 Å². The lowest BCUT2D eigenvalue weighted by molar-refractivity contribution is 0.0953. The van der Waals surface area contributed by atoms with Crippen molar-refractivity contribution in [2.75, 3.05) is 0 Å². The molecule has 0 saturated carbocycles. The number of hydrogen-bond acceptors (Lipinski definition) is 3. The zero-order chi connectivity index (χ0) is 14.7. The third-order valence-corrected chi connectivity index (χ3v) is 3.47. The molecule has 1 heterocycles. The smallest absolute Gasteiger partial charge is 0.274 e. The average molecular weight is 311 g/mol. The summed E-state index contributed by atoms with van der Waals surface area (Å²) in [5.41, 5.74) is 3.50. The zero-order valence-electron chi connectivity index (χ0n) is 10.9. The highest BCUT2D eigenvalue weighted by Crippen LogP contribution is 2.24. The Hall–Kier alpha value is -1.78. The number of carbonyl (C=O) groups is 1. The number of furan rings is 1. The lowest BCUT2D eigenvalue weighted by Crippen LogP contribution is -2.17. The van der Waals surface area contributed by atoms with Crippen LogP contribution in [0.2, 0.25) is 10.0 Å². The Morgan fingerprint density at radius 3 is 2.75 bits per heavy atom. The second-order valence-electron chi connectivity index (χ2n) is 4.17. The van der Waals surface area contributed by atoms with Crippen LogP contribution in [0.3, 0.4) is 0 Å². The van der Waals surface area contributed by atoms with Crippen molar-refractivity contribution in [3.05, 3.63) is 57.0 Å². The normalized spacial score (nSPS) is 11.0. The van der Waals surface area contributed by atoms with Gasteiger partial charge in [-0.15, -0.1) is 0 Å². The molecule has 0 radical (unpaired) electrons. The number of nitrogens with zero attached hydrogens (tertiary/aromatic N) is 1. The predicted molar refractivity (Wildman–Crippen MR) is 79.7 cm³/mol. The lowest BCUT2D eigenvalue weighted by Gasteiger charge is -2.00. The third-order valence-electron chi connectivity index (χ3n) is 2.64. The number of rotatable bonds is 3. The van der Waals surface area contributed by atoms with Gasteiger partial charge in [-0.1, -0.05) is 35.3 Å². The van der Waals surface area contributed by atoms with Gasteiger partial charge in [-0.05, 0) is 26.0 Å². The van der Waals surface area contributed by atoms with Gasteiger partial charge in [0.2, 0.25) is 0 Å². The first-order valence-electron chi connectivity index (χ1n) is 5.83. The van der Waals surface area contributed by atoms with Gasteiger partial charge in [0.05, 0.1) is 21.8 Å². The zero-order valence-corrected chi connectivity index (χ0v) is 12.4. The second kappa shape index (κ2) is 6.11. The molecule has 0 bridgehead atoms. The van der Waals surface area contributed by atoms with Crippen molar-refractivity contribution >= 4 is 35.3 Å². The van der Waals surface area contributed by atoms with E-state index in [1.54, 1.807) is 38.1 Å². The van der Waals surface area contributed by atoms with E-state index in [0.29, 0.717) is 32.7 Å². The van der Waals surface area contributed by atoms with Crippen LogP contribution in [0.1, 0.15) is 27.4 Å². The van der Waals surface area contributed by atoms with Gasteiger partial charge in [0.1, 0.15) is 11.5 Å². The SMILES string of the molecule is Cc1cc(C(=O)N/N=C/c2cccc(Cl)c2Cl)c(C)o1. The summed E-state index contributed by atoms with van der Waals surface area (Å²) in [5.74, 6) is 0.888. The van der Waals surface area contributed by atoms with Crippen LogP contribution in [0.4, 0.5) is 0 Å². The van der Waals surface area contributed by atoms with Gasteiger partial charge >= 0.3 is 0 Å². The molecular weight excluding hydrogens is 299 g/mol. The molecule has 0 saturated heterocycles. The third kappa shape index (κ3) is 3.21. The summed E-state index contributed by atoms with van der Waals surface area (Å²) in [6, 6.07) is 6.84. The molecule has 4 nitrogen and oxygen atoms in total. The molecule has 20 heavy (non-hydrogen) atoms. The number of halogens is 2. The van der Waals surface area contributed by atoms with Crippen LogP contribution in [0, 0.1) is 13.8 Å². The van der Waals surface area contributed by atoms with E-state index < -0.39 is 0 Å². The maximum absolute atomic E-state index is 11.9. The summed E-state index contributed by atoms with van der Waals surface area (Å²) in [6.07, 6.45) is 1.44. The summed E-state index contributed by atoms with van der Waals surface area (Å²) < 4.78 is 5.28. The van der Waals surface area contributed by atoms with Crippen molar-refractivity contribution in [3.63, 3.8) is 0 Å². The molecule has 0 aliphatic rings. The summed E-state index contributed by atoms with van der Waals surface area (Å²) in [4.78, 5) is 11.9. The van der Waals surface area contributed by atoms with Gasteiger partial charge in [0.25, 0.3) is 5.91 Å². The van der Waals surface area contributed by atoms with Crippen LogP contribution in [0.25, 0.3) is 0 Å². The monoisotopic (exact) mass is 310 g/mol. The van der Waals surface area contributed by atoms with E-state index >= 15 is 0 Å². The molecule has 0 aliphatic carbocycles. The molecule has 1 aromatic carbocycles. The highest BCUT2D eigenvalue weighted by molar-refractivity contribution is 6.43.